The van der Waals surface area contributed by atoms with Crippen molar-refractivity contribution in [1.82, 2.24) is 14.8 Å². The molecular weight excluding hydrogens is 270 g/mol. The van der Waals surface area contributed by atoms with Crippen LogP contribution in [0.4, 0.5) is 0 Å². The fraction of sp³-hybridized carbons (Fsp3) is 0.357. The number of rotatable bonds is 6. The van der Waals surface area contributed by atoms with E-state index in [0.29, 0.717) is 13.0 Å². The van der Waals surface area contributed by atoms with Crippen molar-refractivity contribution in [1.29, 1.82) is 0 Å². The summed E-state index contributed by atoms with van der Waals surface area (Å²) in [6.45, 7) is 4.44. The second kappa shape index (κ2) is 6.74. The van der Waals surface area contributed by atoms with Gasteiger partial charge in [0.2, 0.25) is 0 Å². The molecule has 1 aromatic carbocycles. The van der Waals surface area contributed by atoms with Gasteiger partial charge >= 0.3 is 0 Å². The van der Waals surface area contributed by atoms with Crippen molar-refractivity contribution in [3.8, 4) is 5.75 Å². The van der Waals surface area contributed by atoms with Gasteiger partial charge < -0.3 is 15.7 Å². The second-order valence-electron chi connectivity index (χ2n) is 4.92. The average molecular weight is 289 g/mol. The van der Waals surface area contributed by atoms with Crippen LogP contribution in [-0.4, -0.2) is 25.8 Å². The highest BCUT2D eigenvalue weighted by molar-refractivity contribution is 5.82. The summed E-state index contributed by atoms with van der Waals surface area (Å²) in [6.07, 6.45) is 1.93. The van der Waals surface area contributed by atoms with Crippen LogP contribution in [0.15, 0.2) is 35.7 Å². The second-order valence-corrected chi connectivity index (χ2v) is 4.92. The van der Waals surface area contributed by atoms with E-state index in [1.165, 1.54) is 6.33 Å². The Morgan fingerprint density at radius 2 is 2.10 bits per heavy atom. The molecule has 7 nitrogen and oxygen atoms in total. The molecule has 3 N–H and O–H groups in total. The molecule has 0 radical (unpaired) electrons. The van der Waals surface area contributed by atoms with E-state index in [0.717, 1.165) is 17.1 Å². The Kier molecular flexibility index (Phi) is 4.76. The van der Waals surface area contributed by atoms with Crippen molar-refractivity contribution in [2.45, 2.75) is 32.9 Å². The Hall–Kier alpha value is -2.57. The monoisotopic (exact) mass is 289 g/mol. The Bertz CT molecular complexity index is 604. The lowest BCUT2D eigenvalue weighted by Gasteiger charge is -2.10. The van der Waals surface area contributed by atoms with E-state index >= 15 is 0 Å². The zero-order chi connectivity index (χ0) is 15.2. The lowest BCUT2D eigenvalue weighted by Crippen LogP contribution is -2.14. The normalized spacial score (nSPS) is 11.9. The first-order valence-corrected chi connectivity index (χ1v) is 6.66. The summed E-state index contributed by atoms with van der Waals surface area (Å²) in [5.41, 5.74) is 6.41. The molecule has 2 rings (SSSR count). The summed E-state index contributed by atoms with van der Waals surface area (Å²) >= 11 is 0. The maximum Gasteiger partial charge on any atom is 0.165 e. The number of nitrogens with two attached hydrogens (primary N) is 1. The summed E-state index contributed by atoms with van der Waals surface area (Å²) in [5, 5.41) is 15.6. The van der Waals surface area contributed by atoms with Gasteiger partial charge in [0.05, 0.1) is 0 Å². The minimum absolute atomic E-state index is 0.175. The molecule has 1 aromatic heterocycles. The molecule has 0 fully saturated rings. The molecule has 0 saturated heterocycles. The molecule has 21 heavy (non-hydrogen) atoms. The third-order valence-electron chi connectivity index (χ3n) is 2.94. The van der Waals surface area contributed by atoms with Gasteiger partial charge in [0, 0.05) is 12.5 Å². The van der Waals surface area contributed by atoms with Crippen LogP contribution >= 0.6 is 0 Å². The zero-order valence-electron chi connectivity index (χ0n) is 12.1. The number of hydrogen-bond acceptors (Lipinski definition) is 5. The van der Waals surface area contributed by atoms with Gasteiger partial charge in [-0.05, 0) is 31.5 Å². The van der Waals surface area contributed by atoms with Gasteiger partial charge in [-0.15, -0.1) is 0 Å². The number of nitrogens with zero attached hydrogens (tertiary/aromatic N) is 4. The molecule has 0 bridgehead atoms. The largest absolute Gasteiger partial charge is 0.486 e. The number of hydrogen-bond donors (Lipinski definition) is 2. The molecule has 1 heterocycles. The molecule has 0 saturated carbocycles. The van der Waals surface area contributed by atoms with Gasteiger partial charge in [-0.25, -0.2) is 9.67 Å². The van der Waals surface area contributed by atoms with Crippen LogP contribution in [0.1, 0.15) is 31.3 Å². The van der Waals surface area contributed by atoms with Crippen LogP contribution in [0.2, 0.25) is 0 Å². The Morgan fingerprint density at radius 3 is 2.71 bits per heavy atom. The van der Waals surface area contributed by atoms with Crippen LogP contribution < -0.4 is 10.5 Å². The predicted octanol–water partition coefficient (Wildman–Crippen LogP) is 1.73. The van der Waals surface area contributed by atoms with Crippen molar-refractivity contribution in [2.75, 3.05) is 0 Å². The van der Waals surface area contributed by atoms with E-state index in [2.05, 4.69) is 15.2 Å². The van der Waals surface area contributed by atoms with Crippen molar-refractivity contribution >= 4 is 5.84 Å². The predicted molar refractivity (Wildman–Crippen MR) is 78.3 cm³/mol. The van der Waals surface area contributed by atoms with Gasteiger partial charge in [0.15, 0.2) is 5.82 Å². The number of ether oxygens (including phenoxy) is 1. The third kappa shape index (κ3) is 3.95. The minimum atomic E-state index is 0.175. The topological polar surface area (TPSA) is 98.5 Å². The van der Waals surface area contributed by atoms with E-state index in [-0.39, 0.29) is 11.9 Å². The van der Waals surface area contributed by atoms with E-state index in [1.54, 1.807) is 0 Å². The molecule has 0 amide bonds. The first kappa shape index (κ1) is 14.8. The fourth-order valence-corrected chi connectivity index (χ4v) is 1.90. The van der Waals surface area contributed by atoms with Crippen LogP contribution in [-0.2, 0) is 13.0 Å². The fourth-order valence-electron chi connectivity index (χ4n) is 1.90. The van der Waals surface area contributed by atoms with Gasteiger partial charge in [-0.3, -0.25) is 0 Å². The quantitative estimate of drug-likeness (QED) is 0.365. The summed E-state index contributed by atoms with van der Waals surface area (Å²) in [6, 6.07) is 7.68. The number of oxime groups is 1. The lowest BCUT2D eigenvalue weighted by molar-refractivity contribution is 0.282. The summed E-state index contributed by atoms with van der Waals surface area (Å²) in [7, 11) is 0. The van der Waals surface area contributed by atoms with Gasteiger partial charge in [0.25, 0.3) is 0 Å². The zero-order valence-corrected chi connectivity index (χ0v) is 12.1. The van der Waals surface area contributed by atoms with E-state index in [1.807, 2.05) is 42.8 Å². The van der Waals surface area contributed by atoms with Crippen LogP contribution in [0.5, 0.6) is 5.75 Å². The van der Waals surface area contributed by atoms with Crippen molar-refractivity contribution in [2.24, 2.45) is 10.9 Å². The number of amidine groups is 1. The molecular formula is C14H19N5O2. The Balaban J connectivity index is 1.96. The highest BCUT2D eigenvalue weighted by Crippen LogP contribution is 2.15. The van der Waals surface area contributed by atoms with Crippen LogP contribution in [0.25, 0.3) is 0 Å². The molecule has 2 aromatic rings. The third-order valence-corrected chi connectivity index (χ3v) is 2.94. The number of benzene rings is 1. The molecule has 0 aliphatic carbocycles. The molecule has 0 spiro atoms. The van der Waals surface area contributed by atoms with E-state index in [9.17, 15) is 0 Å². The highest BCUT2D eigenvalue weighted by Gasteiger charge is 2.08. The molecule has 0 atom stereocenters. The van der Waals surface area contributed by atoms with E-state index in [4.69, 9.17) is 15.7 Å². The first-order valence-electron chi connectivity index (χ1n) is 6.66. The maximum absolute atomic E-state index is 8.53. The molecule has 0 aliphatic rings. The highest BCUT2D eigenvalue weighted by atomic mass is 16.5. The summed E-state index contributed by atoms with van der Waals surface area (Å²) < 4.78 is 7.52. The van der Waals surface area contributed by atoms with Crippen molar-refractivity contribution < 1.29 is 9.94 Å². The minimum Gasteiger partial charge on any atom is -0.486 e. The standard InChI is InChI=1S/C14H19N5O2/c1-10(2)19-14(16-9-17-19)8-21-12-5-3-11(4-6-12)7-13(15)18-20/h3-6,9-10,20H,7-8H2,1-2H3,(H2,15,18). The first-order chi connectivity index (χ1) is 10.1. The summed E-state index contributed by atoms with van der Waals surface area (Å²) in [4.78, 5) is 4.19. The molecule has 7 heteroatoms. The Morgan fingerprint density at radius 1 is 1.38 bits per heavy atom. The van der Waals surface area contributed by atoms with Gasteiger partial charge in [-0.2, -0.15) is 5.10 Å². The van der Waals surface area contributed by atoms with Crippen molar-refractivity contribution in [3.63, 3.8) is 0 Å². The van der Waals surface area contributed by atoms with Crippen molar-refractivity contribution in [3.05, 3.63) is 42.0 Å². The molecule has 0 unspecified atom stereocenters. The lowest BCUT2D eigenvalue weighted by atomic mass is 10.1. The SMILES string of the molecule is CC(C)n1ncnc1COc1ccc(CC(N)=NO)cc1. The molecule has 0 aliphatic heterocycles. The Labute approximate surface area is 123 Å². The van der Waals surface area contributed by atoms with E-state index < -0.39 is 0 Å². The molecule has 112 valence electrons. The van der Waals surface area contributed by atoms with Gasteiger partial charge in [-0.1, -0.05) is 17.3 Å². The van der Waals surface area contributed by atoms with Gasteiger partial charge in [0.1, 0.15) is 24.5 Å². The van der Waals surface area contributed by atoms with Crippen LogP contribution in [0.3, 0.4) is 0 Å². The average Bonchev–Trinajstić information content (AvgIpc) is 2.95. The smallest absolute Gasteiger partial charge is 0.165 e. The number of aromatic nitrogens is 3. The van der Waals surface area contributed by atoms with Crippen LogP contribution in [0, 0.1) is 0 Å². The maximum atomic E-state index is 8.53. The summed E-state index contributed by atoms with van der Waals surface area (Å²) in [5.74, 6) is 1.69.